The summed E-state index contributed by atoms with van der Waals surface area (Å²) < 4.78 is 55.0. The number of hydrogen-bond donors (Lipinski definition) is 0. The van der Waals surface area contributed by atoms with Gasteiger partial charge < -0.3 is 0 Å². The van der Waals surface area contributed by atoms with Crippen LogP contribution in [-0.4, -0.2) is 43.5 Å². The quantitative estimate of drug-likeness (QED) is 0.463. The molecule has 0 atom stereocenters. The second-order valence-corrected chi connectivity index (χ2v) is 2.88. The fraction of sp³-hybridized carbons (Fsp3) is 1.00. The molecule has 0 aliphatic carbocycles. The predicted molar refractivity (Wildman–Crippen MR) is 29.4 cm³/mol. The summed E-state index contributed by atoms with van der Waals surface area (Å²) in [5.41, 5.74) is -5.41. The van der Waals surface area contributed by atoms with Gasteiger partial charge in [-0.15, -0.1) is 0 Å². The number of rotatable bonds is 1. The van der Waals surface area contributed by atoms with Gasteiger partial charge >= 0.3 is 15.6 Å². The molecule has 0 spiro atoms. The minimum absolute atomic E-state index is 0. The van der Waals surface area contributed by atoms with E-state index in [2.05, 4.69) is 16.5 Å². The maximum atomic E-state index is 11.1. The minimum atomic E-state index is -5.52. The van der Waals surface area contributed by atoms with Gasteiger partial charge in [-0.25, -0.2) is 0 Å². The van der Waals surface area contributed by atoms with Crippen LogP contribution in [0.25, 0.3) is 0 Å². The summed E-state index contributed by atoms with van der Waals surface area (Å²) in [5, 5.41) is 0. The van der Waals surface area contributed by atoms with E-state index in [4.69, 9.17) is 0 Å². The summed E-state index contributed by atoms with van der Waals surface area (Å²) in [5.74, 6) is 0. The van der Waals surface area contributed by atoms with Crippen molar-refractivity contribution >= 4 is 52.6 Å². The van der Waals surface area contributed by atoms with Gasteiger partial charge in [-0.3, -0.25) is 0 Å². The van der Waals surface area contributed by atoms with Crippen LogP contribution in [0, 0.1) is 0 Å². The fourth-order valence-electron chi connectivity index (χ4n) is 0.0386. The van der Waals surface area contributed by atoms with Crippen molar-refractivity contribution < 1.29 is 25.2 Å². The minimum Gasteiger partial charge on any atom is -0.189 e. The van der Waals surface area contributed by atoms with E-state index in [1.54, 1.807) is 0 Å². The molecule has 0 aromatic rings. The monoisotopic (exact) mass is 204 g/mol. The van der Waals surface area contributed by atoms with Gasteiger partial charge in [0.05, 0.1) is 0 Å². The van der Waals surface area contributed by atoms with Gasteiger partial charge in [0.25, 0.3) is 0 Å². The molecule has 0 aliphatic rings. The molecule has 0 aliphatic heterocycles. The Labute approximate surface area is 83.0 Å². The zero-order chi connectivity index (χ0) is 7.71. The number of halogens is 3. The van der Waals surface area contributed by atoms with Gasteiger partial charge in [0.2, 0.25) is 0 Å². The first-order valence-corrected chi connectivity index (χ1v) is 3.18. The number of hydrogen-bond acceptors (Lipinski definition) is 3. The molecule has 0 rings (SSSR count). The molecule has 9 heteroatoms. The Morgan fingerprint density at radius 2 is 1.60 bits per heavy atom. The smallest absolute Gasteiger partial charge is 0.189 e. The van der Waals surface area contributed by atoms with Crippen molar-refractivity contribution in [1.82, 2.24) is 0 Å². The van der Waals surface area contributed by atoms with Gasteiger partial charge in [0.15, 0.2) is 0 Å². The first kappa shape index (κ1) is 13.6. The first-order valence-electron chi connectivity index (χ1n) is 1.44. The summed E-state index contributed by atoms with van der Waals surface area (Å²) >= 11 is 3.23. The largest absolute Gasteiger partial charge is 0.524 e. The van der Waals surface area contributed by atoms with Crippen LogP contribution >= 0.6 is 12.9 Å². The molecule has 0 saturated carbocycles. The zero-order valence-corrected chi connectivity index (χ0v) is 8.31. The molecule has 0 aromatic carbocycles. The van der Waals surface area contributed by atoms with E-state index in [9.17, 15) is 21.6 Å². The van der Waals surface area contributed by atoms with Crippen LogP contribution in [0.2, 0.25) is 0 Å². The molecule has 10 heavy (non-hydrogen) atoms. The molecule has 0 unspecified atom stereocenters. The van der Waals surface area contributed by atoms with Crippen molar-refractivity contribution in [2.24, 2.45) is 0 Å². The normalized spacial score (nSPS) is 12.4. The molecule has 0 saturated heterocycles. The summed E-state index contributed by atoms with van der Waals surface area (Å²) in [6.07, 6.45) is 0. The Balaban J connectivity index is 0. The van der Waals surface area contributed by atoms with E-state index >= 15 is 0 Å². The van der Waals surface area contributed by atoms with Crippen molar-refractivity contribution in [2.75, 3.05) is 0 Å². The van der Waals surface area contributed by atoms with Crippen LogP contribution in [0.15, 0.2) is 0 Å². The summed E-state index contributed by atoms with van der Waals surface area (Å²) in [4.78, 5) is 0. The first-order chi connectivity index (χ1) is 3.81. The second kappa shape index (κ2) is 4.17. The molecular weight excluding hydrogens is 204 g/mol. The van der Waals surface area contributed by atoms with Crippen molar-refractivity contribution in [3.63, 3.8) is 0 Å². The molecular formula is CF3NaO3S2. The van der Waals surface area contributed by atoms with Gasteiger partial charge in [0, 0.05) is 29.6 Å². The van der Waals surface area contributed by atoms with E-state index in [1.807, 2.05) is 0 Å². The summed E-state index contributed by atoms with van der Waals surface area (Å²) in [6.45, 7) is 0. The Morgan fingerprint density at radius 3 is 1.60 bits per heavy atom. The second-order valence-electron chi connectivity index (χ2n) is 0.968. The maximum Gasteiger partial charge on any atom is 0.524 e. The molecule has 56 valence electrons. The molecule has 0 aromatic heterocycles. The average Bonchev–Trinajstić information content (AvgIpc) is 1.64. The van der Waals surface area contributed by atoms with Gasteiger partial charge in [-0.1, -0.05) is 0 Å². The zero-order valence-electron chi connectivity index (χ0n) is 4.68. The van der Waals surface area contributed by atoms with Crippen molar-refractivity contribution in [3.8, 4) is 0 Å². The van der Waals surface area contributed by atoms with Crippen LogP contribution in [0.3, 0.4) is 0 Å². The van der Waals surface area contributed by atoms with Gasteiger partial charge in [-0.2, -0.15) is 25.2 Å². The van der Waals surface area contributed by atoms with E-state index < -0.39 is 15.6 Å². The van der Waals surface area contributed by atoms with Crippen molar-refractivity contribution in [3.05, 3.63) is 0 Å². The predicted octanol–water partition coefficient (Wildman–Crippen LogP) is 0.584. The molecule has 0 fully saturated rings. The Morgan fingerprint density at radius 1 is 1.30 bits per heavy atom. The van der Waals surface area contributed by atoms with Crippen molar-refractivity contribution in [1.29, 1.82) is 0 Å². The molecule has 0 amide bonds. The third kappa shape index (κ3) is 3.44. The molecule has 2 radical (unpaired) electrons. The third-order valence-electron chi connectivity index (χ3n) is 0.373. The number of alkyl halides is 3. The molecule has 0 heterocycles. The van der Waals surface area contributed by atoms with Crippen LogP contribution in [0.4, 0.5) is 13.2 Å². The van der Waals surface area contributed by atoms with Gasteiger partial charge in [0.1, 0.15) is 12.9 Å². The van der Waals surface area contributed by atoms with Crippen LogP contribution < -0.4 is 0 Å². The average molecular weight is 204 g/mol. The van der Waals surface area contributed by atoms with Crippen molar-refractivity contribution in [2.45, 2.75) is 5.51 Å². The Hall–Kier alpha value is 1.05. The summed E-state index contributed by atoms with van der Waals surface area (Å²) in [6, 6.07) is 0. The van der Waals surface area contributed by atoms with E-state index in [0.29, 0.717) is 0 Å². The molecule has 3 nitrogen and oxygen atoms in total. The van der Waals surface area contributed by atoms with E-state index in [-0.39, 0.29) is 29.6 Å². The third-order valence-corrected chi connectivity index (χ3v) is 1.66. The van der Waals surface area contributed by atoms with E-state index in [0.717, 1.165) is 0 Å². The standard InChI is InChI=1S/CF3O3S2.Na/c2-1(3,4)9(5,6)7-8;. The van der Waals surface area contributed by atoms with E-state index in [1.165, 1.54) is 0 Å². The molecule has 0 bridgehead atoms. The molecule has 0 N–H and O–H groups in total. The Kier molecular flexibility index (Phi) is 5.68. The van der Waals surface area contributed by atoms with Crippen LogP contribution in [0.1, 0.15) is 0 Å². The summed E-state index contributed by atoms with van der Waals surface area (Å²) in [7, 11) is -5.52. The van der Waals surface area contributed by atoms with Gasteiger partial charge in [-0.05, 0) is 0 Å². The topological polar surface area (TPSA) is 43.4 Å². The Bertz CT molecular complexity index is 182. The SMILES string of the molecule is O=S(=O)(O[S])C(F)(F)F.[Na]. The van der Waals surface area contributed by atoms with Crippen LogP contribution in [0.5, 0.6) is 0 Å². The maximum absolute atomic E-state index is 11.1. The fourth-order valence-corrected chi connectivity index (χ4v) is 0.347. The van der Waals surface area contributed by atoms with Crippen LogP contribution in [-0.2, 0) is 13.7 Å².